The van der Waals surface area contributed by atoms with Crippen molar-refractivity contribution < 1.29 is 4.42 Å². The highest BCUT2D eigenvalue weighted by molar-refractivity contribution is 9.10. The molecule has 2 heterocycles. The first-order valence-corrected chi connectivity index (χ1v) is 3.89. The Kier molecular flexibility index (Phi) is 1.54. The molecule has 2 aromatic heterocycles. The van der Waals surface area contributed by atoms with Crippen LogP contribution in [0.5, 0.6) is 0 Å². The van der Waals surface area contributed by atoms with Crippen molar-refractivity contribution >= 4 is 15.9 Å². The van der Waals surface area contributed by atoms with Gasteiger partial charge in [-0.1, -0.05) is 0 Å². The molecule has 0 radical (unpaired) electrons. The lowest BCUT2D eigenvalue weighted by atomic mass is 10.6. The second kappa shape index (κ2) is 2.54. The number of hydrogen-bond acceptors (Lipinski definition) is 2. The van der Waals surface area contributed by atoms with E-state index in [4.69, 9.17) is 4.42 Å². The van der Waals surface area contributed by atoms with Crippen LogP contribution in [0.1, 0.15) is 0 Å². The van der Waals surface area contributed by atoms with Gasteiger partial charge in [-0.25, -0.2) is 4.98 Å². The lowest BCUT2D eigenvalue weighted by Crippen LogP contribution is -1.84. The summed E-state index contributed by atoms with van der Waals surface area (Å²) in [5.41, 5.74) is 0. The SMILES string of the molecule is Brc1cn(-c2ccco2)cn1. The molecule has 0 saturated carbocycles. The van der Waals surface area contributed by atoms with Crippen molar-refractivity contribution in [2.45, 2.75) is 0 Å². The van der Waals surface area contributed by atoms with Crippen LogP contribution in [0.25, 0.3) is 5.88 Å². The highest BCUT2D eigenvalue weighted by Gasteiger charge is 1.98. The number of aromatic nitrogens is 2. The Hall–Kier alpha value is -1.03. The molecule has 0 bridgehead atoms. The van der Waals surface area contributed by atoms with Crippen LogP contribution in [-0.4, -0.2) is 9.55 Å². The minimum Gasteiger partial charge on any atom is -0.448 e. The first-order valence-electron chi connectivity index (χ1n) is 3.09. The van der Waals surface area contributed by atoms with Crippen molar-refractivity contribution in [2.75, 3.05) is 0 Å². The summed E-state index contributed by atoms with van der Waals surface area (Å²) in [6.45, 7) is 0. The number of furan rings is 1. The van der Waals surface area contributed by atoms with E-state index >= 15 is 0 Å². The average molecular weight is 213 g/mol. The summed E-state index contributed by atoms with van der Waals surface area (Å²) in [6, 6.07) is 3.71. The standard InChI is InChI=1S/C7H5BrN2O/c8-6-4-10(5-9-6)7-2-1-3-11-7/h1-5H. The lowest BCUT2D eigenvalue weighted by molar-refractivity contribution is 0.538. The summed E-state index contributed by atoms with van der Waals surface area (Å²) in [6.07, 6.45) is 5.14. The molecule has 56 valence electrons. The fourth-order valence-corrected chi connectivity index (χ4v) is 1.15. The first kappa shape index (κ1) is 6.67. The molecular formula is C7H5BrN2O. The molecule has 11 heavy (non-hydrogen) atoms. The third-order valence-corrected chi connectivity index (χ3v) is 1.72. The Morgan fingerprint density at radius 2 is 2.45 bits per heavy atom. The molecule has 2 rings (SSSR count). The second-order valence-corrected chi connectivity index (χ2v) is 2.87. The normalized spacial score (nSPS) is 10.3. The molecule has 0 aromatic carbocycles. The molecule has 0 aliphatic heterocycles. The van der Waals surface area contributed by atoms with E-state index in [0.29, 0.717) is 0 Å². The number of nitrogens with zero attached hydrogens (tertiary/aromatic N) is 2. The van der Waals surface area contributed by atoms with E-state index in [0.717, 1.165) is 10.5 Å². The number of hydrogen-bond donors (Lipinski definition) is 0. The fraction of sp³-hybridized carbons (Fsp3) is 0. The number of imidazole rings is 1. The Bertz CT molecular complexity index is 339. The molecule has 0 unspecified atom stereocenters. The van der Waals surface area contributed by atoms with Crippen molar-refractivity contribution in [1.82, 2.24) is 9.55 Å². The van der Waals surface area contributed by atoms with Crippen molar-refractivity contribution in [3.05, 3.63) is 35.5 Å². The van der Waals surface area contributed by atoms with E-state index in [-0.39, 0.29) is 0 Å². The van der Waals surface area contributed by atoms with Crippen molar-refractivity contribution in [3.8, 4) is 5.88 Å². The van der Waals surface area contributed by atoms with Gasteiger partial charge in [0.25, 0.3) is 0 Å². The number of halogens is 1. The van der Waals surface area contributed by atoms with E-state index in [1.165, 1.54) is 0 Å². The van der Waals surface area contributed by atoms with Crippen LogP contribution in [0.3, 0.4) is 0 Å². The Morgan fingerprint density at radius 1 is 1.55 bits per heavy atom. The molecule has 0 amide bonds. The van der Waals surface area contributed by atoms with E-state index < -0.39 is 0 Å². The van der Waals surface area contributed by atoms with Gasteiger partial charge in [-0.2, -0.15) is 0 Å². The van der Waals surface area contributed by atoms with E-state index in [2.05, 4.69) is 20.9 Å². The predicted molar refractivity (Wildman–Crippen MR) is 43.5 cm³/mol. The Morgan fingerprint density at radius 3 is 3.00 bits per heavy atom. The second-order valence-electron chi connectivity index (χ2n) is 2.05. The first-order chi connectivity index (χ1) is 5.36. The topological polar surface area (TPSA) is 31.0 Å². The summed E-state index contributed by atoms with van der Waals surface area (Å²) in [7, 11) is 0. The molecule has 0 aliphatic carbocycles. The molecule has 0 fully saturated rings. The van der Waals surface area contributed by atoms with Crippen LogP contribution in [0.4, 0.5) is 0 Å². The zero-order valence-corrected chi connectivity index (χ0v) is 7.15. The third kappa shape index (κ3) is 1.21. The maximum absolute atomic E-state index is 5.14. The van der Waals surface area contributed by atoms with Gasteiger partial charge >= 0.3 is 0 Å². The van der Waals surface area contributed by atoms with Crippen molar-refractivity contribution in [1.29, 1.82) is 0 Å². The lowest BCUT2D eigenvalue weighted by Gasteiger charge is -1.91. The molecule has 3 nitrogen and oxygen atoms in total. The van der Waals surface area contributed by atoms with Gasteiger partial charge in [0.2, 0.25) is 5.88 Å². The highest BCUT2D eigenvalue weighted by Crippen LogP contribution is 2.11. The zero-order valence-electron chi connectivity index (χ0n) is 5.57. The molecule has 2 aromatic rings. The van der Waals surface area contributed by atoms with Gasteiger partial charge in [-0.05, 0) is 22.0 Å². The molecule has 0 aliphatic rings. The minimum atomic E-state index is 0.767. The van der Waals surface area contributed by atoms with E-state index in [9.17, 15) is 0 Å². The molecule has 4 heteroatoms. The van der Waals surface area contributed by atoms with Gasteiger partial charge < -0.3 is 4.42 Å². The van der Waals surface area contributed by atoms with Gasteiger partial charge in [0.1, 0.15) is 10.9 Å². The number of rotatable bonds is 1. The van der Waals surface area contributed by atoms with Crippen molar-refractivity contribution in [2.24, 2.45) is 0 Å². The predicted octanol–water partition coefficient (Wildman–Crippen LogP) is 2.23. The summed E-state index contributed by atoms with van der Waals surface area (Å²) in [5, 5.41) is 0. The average Bonchev–Trinajstić information content (AvgIpc) is 2.55. The van der Waals surface area contributed by atoms with Gasteiger partial charge in [-0.3, -0.25) is 4.57 Å². The Balaban J connectivity index is 2.45. The molecule has 0 saturated heterocycles. The molecule has 0 atom stereocenters. The van der Waals surface area contributed by atoms with E-state index in [1.54, 1.807) is 17.2 Å². The quantitative estimate of drug-likeness (QED) is 0.727. The maximum atomic E-state index is 5.14. The van der Waals surface area contributed by atoms with Crippen LogP contribution in [0.15, 0.2) is 39.9 Å². The van der Waals surface area contributed by atoms with Crippen LogP contribution < -0.4 is 0 Å². The monoisotopic (exact) mass is 212 g/mol. The highest BCUT2D eigenvalue weighted by atomic mass is 79.9. The summed E-state index contributed by atoms with van der Waals surface area (Å²) in [4.78, 5) is 3.99. The van der Waals surface area contributed by atoms with Crippen LogP contribution >= 0.6 is 15.9 Å². The zero-order chi connectivity index (χ0) is 7.68. The summed E-state index contributed by atoms with van der Waals surface area (Å²) in [5.74, 6) is 0.767. The largest absolute Gasteiger partial charge is 0.448 e. The molecule has 0 N–H and O–H groups in total. The van der Waals surface area contributed by atoms with Gasteiger partial charge in [-0.15, -0.1) is 0 Å². The smallest absolute Gasteiger partial charge is 0.204 e. The molecule has 0 spiro atoms. The Labute approximate surface area is 71.8 Å². The van der Waals surface area contributed by atoms with Gasteiger partial charge in [0, 0.05) is 12.3 Å². The minimum absolute atomic E-state index is 0.767. The van der Waals surface area contributed by atoms with Crippen LogP contribution in [0, 0.1) is 0 Å². The van der Waals surface area contributed by atoms with Crippen LogP contribution in [0.2, 0.25) is 0 Å². The summed E-state index contributed by atoms with van der Waals surface area (Å²) >= 11 is 3.24. The van der Waals surface area contributed by atoms with Gasteiger partial charge in [0.15, 0.2) is 0 Å². The van der Waals surface area contributed by atoms with Crippen LogP contribution in [-0.2, 0) is 0 Å². The maximum Gasteiger partial charge on any atom is 0.204 e. The van der Waals surface area contributed by atoms with Crippen molar-refractivity contribution in [3.63, 3.8) is 0 Å². The fourth-order valence-electron chi connectivity index (χ4n) is 0.836. The van der Waals surface area contributed by atoms with E-state index in [1.807, 2.05) is 18.3 Å². The third-order valence-electron chi connectivity index (χ3n) is 1.31. The molecular weight excluding hydrogens is 208 g/mol. The van der Waals surface area contributed by atoms with Gasteiger partial charge in [0.05, 0.1) is 6.26 Å². The summed E-state index contributed by atoms with van der Waals surface area (Å²) < 4.78 is 7.73.